The molecule has 0 aliphatic rings. The van der Waals surface area contributed by atoms with E-state index in [4.69, 9.17) is 19.6 Å². The molecule has 0 saturated heterocycles. The van der Waals surface area contributed by atoms with E-state index >= 15 is 0 Å². The molecule has 0 bridgehead atoms. The molecule has 11 heteroatoms. The maximum absolute atomic E-state index is 9.63. The van der Waals surface area contributed by atoms with Crippen LogP contribution in [0.5, 0.6) is 0 Å². The van der Waals surface area contributed by atoms with Gasteiger partial charge in [-0.1, -0.05) is 0 Å². The van der Waals surface area contributed by atoms with E-state index in [-0.39, 0.29) is 48.6 Å². The molecule has 0 heterocycles. The van der Waals surface area contributed by atoms with E-state index in [1.807, 2.05) is 0 Å². The Bertz CT molecular complexity index is 157. The Morgan fingerprint density at radius 3 is 1.09 bits per heavy atom. The van der Waals surface area contributed by atoms with Gasteiger partial charge >= 0.3 is 15.6 Å². The van der Waals surface area contributed by atoms with E-state index in [1.54, 1.807) is 0 Å². The Hall–Kier alpha value is 1.88. The summed E-state index contributed by atoms with van der Waals surface area (Å²) < 4.78 is 22.2. The van der Waals surface area contributed by atoms with Gasteiger partial charge in [-0.15, -0.1) is 0 Å². The van der Waals surface area contributed by atoms with Gasteiger partial charge in [-0.3, -0.25) is 0 Å². The van der Waals surface area contributed by atoms with Crippen molar-refractivity contribution in [2.45, 2.75) is 0 Å². The molecule has 0 atom stereocenters. The van der Waals surface area contributed by atoms with Crippen LogP contribution in [0.3, 0.4) is 0 Å². The van der Waals surface area contributed by atoms with Crippen LogP contribution in [-0.4, -0.2) is 19.6 Å². The van der Waals surface area contributed by atoms with Crippen molar-refractivity contribution >= 4 is 15.6 Å². The zero-order chi connectivity index (χ0) is 7.71. The first kappa shape index (κ1) is 18.6. The number of rotatable bonds is 2. The maximum Gasteiger partial charge on any atom is 0.478 e. The zero-order valence-corrected chi connectivity index (χ0v) is 11.3. The first-order valence-corrected chi connectivity index (χ1v) is 4.59. The summed E-state index contributed by atoms with van der Waals surface area (Å²) in [6, 6.07) is 0. The predicted molar refractivity (Wildman–Crippen MR) is 25.2 cm³/mol. The average molecular weight is 362 g/mol. The fraction of sp³-hybridized carbons (Fsp3) is 0. The molecule has 0 unspecified atom stereocenters. The smallest absolute Gasteiger partial charge is 0.302 e. The Morgan fingerprint density at radius 2 is 1.09 bits per heavy atom. The summed E-state index contributed by atoms with van der Waals surface area (Å²) in [5, 5.41) is 0. The number of hydrogen-bond acceptors (Lipinski definition) is 3. The fourth-order valence-electron chi connectivity index (χ4n) is 0.139. The van der Waals surface area contributed by atoms with Crippen molar-refractivity contribution in [1.29, 1.82) is 0 Å². The van der Waals surface area contributed by atoms with Crippen LogP contribution in [0.25, 0.3) is 0 Å². The van der Waals surface area contributed by atoms with Crippen molar-refractivity contribution in [1.82, 2.24) is 0 Å². The molecule has 1 radical (unpaired) electrons. The third kappa shape index (κ3) is 18.7. The second kappa shape index (κ2) is 6.35. The molecule has 11 heavy (non-hydrogen) atoms. The standard InChI is InChI=1S/Nb.H4O7P2.Zr/c;1-8(2,3)7-9(4,5)6;/h;(H2,1,2,3)(H2,4,5,6);. The minimum Gasteiger partial charge on any atom is -0.302 e. The molecular formula is H4NbO7P2Zr. The van der Waals surface area contributed by atoms with Gasteiger partial charge in [0.25, 0.3) is 0 Å². The van der Waals surface area contributed by atoms with Gasteiger partial charge < -0.3 is 19.6 Å². The van der Waals surface area contributed by atoms with Crippen LogP contribution in [0.4, 0.5) is 0 Å². The molecule has 0 aromatic rings. The van der Waals surface area contributed by atoms with Gasteiger partial charge in [-0.25, -0.2) is 9.13 Å². The fourth-order valence-corrected chi connectivity index (χ4v) is 1.25. The number of phosphoric acid groups is 2. The molecule has 0 fully saturated rings. The van der Waals surface area contributed by atoms with Crippen LogP contribution < -0.4 is 0 Å². The molecule has 0 aromatic carbocycles. The van der Waals surface area contributed by atoms with Gasteiger partial charge in [0.1, 0.15) is 0 Å². The van der Waals surface area contributed by atoms with Crippen molar-refractivity contribution in [2.75, 3.05) is 0 Å². The summed E-state index contributed by atoms with van der Waals surface area (Å²) in [6.45, 7) is 0. The topological polar surface area (TPSA) is 124 Å². The third-order valence-electron chi connectivity index (χ3n) is 0.213. The molecule has 4 N–H and O–H groups in total. The summed E-state index contributed by atoms with van der Waals surface area (Å²) in [7, 11) is -10.1. The molecule has 0 amide bonds. The van der Waals surface area contributed by atoms with Crippen molar-refractivity contribution in [2.24, 2.45) is 0 Å². The van der Waals surface area contributed by atoms with Crippen LogP contribution in [0, 0.1) is 0 Å². The normalized spacial score (nSPS) is 11.3. The average Bonchev–Trinajstić information content (AvgIpc) is 1.14. The largest absolute Gasteiger partial charge is 0.478 e. The monoisotopic (exact) mass is 361 g/mol. The first-order chi connectivity index (χ1) is 3.71. The Labute approximate surface area is 96.6 Å². The third-order valence-corrected chi connectivity index (χ3v) is 1.91. The van der Waals surface area contributed by atoms with Crippen molar-refractivity contribution in [3.63, 3.8) is 0 Å². The van der Waals surface area contributed by atoms with Gasteiger partial charge in [0, 0.05) is 48.6 Å². The van der Waals surface area contributed by atoms with E-state index in [2.05, 4.69) is 4.31 Å². The molecule has 0 aromatic heterocycles. The Balaban J connectivity index is -0.000000320. The van der Waals surface area contributed by atoms with Crippen LogP contribution in [0.15, 0.2) is 0 Å². The van der Waals surface area contributed by atoms with Crippen LogP contribution in [-0.2, 0) is 62.0 Å². The molecule has 0 aliphatic heterocycles. The van der Waals surface area contributed by atoms with Crippen LogP contribution in [0.1, 0.15) is 0 Å². The summed E-state index contributed by atoms with van der Waals surface area (Å²) in [4.78, 5) is 31.0. The summed E-state index contributed by atoms with van der Waals surface area (Å²) in [5.74, 6) is 0. The van der Waals surface area contributed by atoms with E-state index in [9.17, 15) is 9.13 Å². The van der Waals surface area contributed by atoms with E-state index in [0.29, 0.717) is 0 Å². The Morgan fingerprint density at radius 1 is 0.909 bits per heavy atom. The molecule has 0 aliphatic carbocycles. The maximum atomic E-state index is 9.63. The number of hydrogen-bond donors (Lipinski definition) is 4. The van der Waals surface area contributed by atoms with E-state index < -0.39 is 15.6 Å². The van der Waals surface area contributed by atoms with Gasteiger partial charge in [0.15, 0.2) is 0 Å². The second-order valence-electron chi connectivity index (χ2n) is 1.06. The van der Waals surface area contributed by atoms with E-state index in [0.717, 1.165) is 0 Å². The Kier molecular flexibility index (Phi) is 10.8. The molecular weight excluding hydrogens is 358 g/mol. The SMILES string of the molecule is O=P(O)(O)OP(=O)(O)O.[Nb].[Zr]. The first-order valence-electron chi connectivity index (χ1n) is 1.53. The quantitative estimate of drug-likeness (QED) is 0.374. The summed E-state index contributed by atoms with van der Waals surface area (Å²) in [5.41, 5.74) is 0. The van der Waals surface area contributed by atoms with Crippen molar-refractivity contribution in [3.05, 3.63) is 0 Å². The molecule has 65 valence electrons. The van der Waals surface area contributed by atoms with Gasteiger partial charge in [0.05, 0.1) is 0 Å². The van der Waals surface area contributed by atoms with Crippen LogP contribution in [0.2, 0.25) is 0 Å². The minimum absolute atomic E-state index is 0. The minimum atomic E-state index is -5.05. The predicted octanol–water partition coefficient (Wildman–Crippen LogP) is -0.817. The van der Waals surface area contributed by atoms with Crippen LogP contribution >= 0.6 is 15.6 Å². The zero-order valence-electron chi connectivity index (χ0n) is 4.86. The van der Waals surface area contributed by atoms with Crippen molar-refractivity contribution < 1.29 is 81.6 Å². The summed E-state index contributed by atoms with van der Waals surface area (Å²) in [6.07, 6.45) is 0. The molecule has 0 rings (SSSR count). The van der Waals surface area contributed by atoms with Crippen molar-refractivity contribution in [3.8, 4) is 0 Å². The molecule has 7 nitrogen and oxygen atoms in total. The molecule has 0 spiro atoms. The van der Waals surface area contributed by atoms with Gasteiger partial charge in [0.2, 0.25) is 0 Å². The summed E-state index contributed by atoms with van der Waals surface area (Å²) >= 11 is 0. The molecule has 0 saturated carbocycles. The van der Waals surface area contributed by atoms with Gasteiger partial charge in [-0.05, 0) is 0 Å². The second-order valence-corrected chi connectivity index (χ2v) is 3.68. The van der Waals surface area contributed by atoms with Gasteiger partial charge in [-0.2, -0.15) is 4.31 Å². The van der Waals surface area contributed by atoms with E-state index in [1.165, 1.54) is 0 Å².